The van der Waals surface area contributed by atoms with Gasteiger partial charge in [0.05, 0.1) is 11.6 Å². The van der Waals surface area contributed by atoms with Crippen molar-refractivity contribution >= 4 is 11.6 Å². The minimum absolute atomic E-state index is 0.0589. The van der Waals surface area contributed by atoms with Gasteiger partial charge in [-0.2, -0.15) is 18.4 Å². The number of amides is 1. The summed E-state index contributed by atoms with van der Waals surface area (Å²) in [4.78, 5) is 10.5. The summed E-state index contributed by atoms with van der Waals surface area (Å²) in [5.41, 5.74) is 0.117. The van der Waals surface area contributed by atoms with Crippen LogP contribution in [0, 0.1) is 11.3 Å². The van der Waals surface area contributed by atoms with E-state index in [9.17, 15) is 18.0 Å². The molecule has 3 nitrogen and oxygen atoms in total. The molecule has 1 amide bonds. The number of benzene rings is 1. The van der Waals surface area contributed by atoms with Crippen molar-refractivity contribution in [2.45, 2.75) is 6.18 Å². The maximum absolute atomic E-state index is 11.8. The van der Waals surface area contributed by atoms with Crippen molar-refractivity contribution in [3.05, 3.63) is 29.8 Å². The van der Waals surface area contributed by atoms with Crippen LogP contribution in [0.3, 0.4) is 0 Å². The lowest BCUT2D eigenvalue weighted by Gasteiger charge is -2.07. The van der Waals surface area contributed by atoms with Crippen molar-refractivity contribution in [1.82, 2.24) is 0 Å². The molecule has 0 radical (unpaired) electrons. The minimum Gasteiger partial charge on any atom is -0.318 e. The Morgan fingerprint density at radius 2 is 2.07 bits per heavy atom. The van der Waals surface area contributed by atoms with Crippen LogP contribution in [0.5, 0.6) is 0 Å². The van der Waals surface area contributed by atoms with Crippen molar-refractivity contribution in [3.63, 3.8) is 0 Å². The number of alkyl halides is 3. The summed E-state index contributed by atoms with van der Waals surface area (Å²) in [6.45, 7) is 0. The predicted octanol–water partition coefficient (Wildman–Crippen LogP) is 2.06. The van der Waals surface area contributed by atoms with E-state index in [-0.39, 0.29) is 11.3 Å². The molecule has 0 aromatic heterocycles. The lowest BCUT2D eigenvalue weighted by atomic mass is 10.2. The van der Waals surface area contributed by atoms with Gasteiger partial charge in [0.15, 0.2) is 0 Å². The first kappa shape index (κ1) is 11.0. The summed E-state index contributed by atoms with van der Waals surface area (Å²) in [5.74, 6) is -2.06. The molecule has 0 aliphatic rings. The summed E-state index contributed by atoms with van der Waals surface area (Å²) in [6, 6.07) is 6.97. The zero-order valence-electron chi connectivity index (χ0n) is 7.30. The molecule has 0 heterocycles. The summed E-state index contributed by atoms with van der Waals surface area (Å²) < 4.78 is 35.5. The van der Waals surface area contributed by atoms with Gasteiger partial charge in [0, 0.05) is 5.69 Å². The Bertz CT molecular complexity index is 420. The summed E-state index contributed by atoms with van der Waals surface area (Å²) in [5, 5.41) is 10.1. The Balaban J connectivity index is 2.83. The van der Waals surface area contributed by atoms with E-state index in [0.29, 0.717) is 0 Å². The van der Waals surface area contributed by atoms with Crippen LogP contribution in [0.25, 0.3) is 0 Å². The van der Waals surface area contributed by atoms with Gasteiger partial charge in [0.2, 0.25) is 0 Å². The van der Waals surface area contributed by atoms with Crippen molar-refractivity contribution in [2.75, 3.05) is 5.32 Å². The summed E-state index contributed by atoms with van der Waals surface area (Å²) in [6.07, 6.45) is -4.93. The van der Waals surface area contributed by atoms with Gasteiger partial charge in [-0.05, 0) is 18.2 Å². The average Bonchev–Trinajstić information content (AvgIpc) is 2.16. The zero-order chi connectivity index (χ0) is 11.5. The van der Waals surface area contributed by atoms with Gasteiger partial charge in [0.1, 0.15) is 0 Å². The molecular weight excluding hydrogens is 209 g/mol. The van der Waals surface area contributed by atoms with E-state index in [1.165, 1.54) is 18.2 Å². The van der Waals surface area contributed by atoms with Crippen LogP contribution < -0.4 is 5.32 Å². The van der Waals surface area contributed by atoms with Crippen LogP contribution in [0.2, 0.25) is 0 Å². The highest BCUT2D eigenvalue weighted by atomic mass is 19.4. The normalized spacial score (nSPS) is 10.5. The SMILES string of the molecule is N#Cc1cccc(NC(=O)C(F)(F)F)c1. The van der Waals surface area contributed by atoms with Crippen molar-refractivity contribution < 1.29 is 18.0 Å². The largest absolute Gasteiger partial charge is 0.471 e. The van der Waals surface area contributed by atoms with Gasteiger partial charge < -0.3 is 5.32 Å². The van der Waals surface area contributed by atoms with E-state index in [1.54, 1.807) is 11.4 Å². The summed E-state index contributed by atoms with van der Waals surface area (Å²) in [7, 11) is 0. The fourth-order valence-electron chi connectivity index (χ4n) is 0.868. The van der Waals surface area contributed by atoms with E-state index in [0.717, 1.165) is 6.07 Å². The molecule has 78 valence electrons. The molecule has 0 unspecified atom stereocenters. The second-order valence-electron chi connectivity index (χ2n) is 2.64. The molecule has 0 bridgehead atoms. The number of anilines is 1. The van der Waals surface area contributed by atoms with Crippen LogP contribution >= 0.6 is 0 Å². The van der Waals surface area contributed by atoms with Crippen LogP contribution in [0.15, 0.2) is 24.3 Å². The van der Waals surface area contributed by atoms with E-state index >= 15 is 0 Å². The molecule has 0 saturated carbocycles. The second kappa shape index (κ2) is 4.00. The molecule has 0 saturated heterocycles. The molecule has 0 spiro atoms. The van der Waals surface area contributed by atoms with Crippen LogP contribution in [-0.4, -0.2) is 12.1 Å². The highest BCUT2D eigenvalue weighted by Gasteiger charge is 2.38. The number of nitrogens with one attached hydrogen (secondary N) is 1. The lowest BCUT2D eigenvalue weighted by Crippen LogP contribution is -2.29. The Morgan fingerprint density at radius 1 is 1.40 bits per heavy atom. The minimum atomic E-state index is -4.93. The zero-order valence-corrected chi connectivity index (χ0v) is 7.30. The first-order valence-corrected chi connectivity index (χ1v) is 3.82. The van der Waals surface area contributed by atoms with E-state index < -0.39 is 12.1 Å². The Kier molecular flexibility index (Phi) is 2.95. The first-order chi connectivity index (χ1) is 6.93. The highest BCUT2D eigenvalue weighted by Crippen LogP contribution is 2.18. The molecule has 1 aromatic carbocycles. The summed E-state index contributed by atoms with van der Waals surface area (Å²) >= 11 is 0. The number of hydrogen-bond acceptors (Lipinski definition) is 2. The molecule has 0 atom stereocenters. The van der Waals surface area contributed by atoms with Gasteiger partial charge in [-0.3, -0.25) is 4.79 Å². The smallest absolute Gasteiger partial charge is 0.318 e. The standard InChI is InChI=1S/C9H5F3N2O/c10-9(11,12)8(15)14-7-3-1-2-6(4-7)5-13/h1-4H,(H,14,15). The van der Waals surface area contributed by atoms with E-state index in [4.69, 9.17) is 5.26 Å². The number of hydrogen-bond donors (Lipinski definition) is 1. The lowest BCUT2D eigenvalue weighted by molar-refractivity contribution is -0.167. The van der Waals surface area contributed by atoms with E-state index in [1.807, 2.05) is 0 Å². The van der Waals surface area contributed by atoms with Crippen LogP contribution in [-0.2, 0) is 4.79 Å². The fraction of sp³-hybridized carbons (Fsp3) is 0.111. The van der Waals surface area contributed by atoms with Crippen LogP contribution in [0.1, 0.15) is 5.56 Å². The molecule has 6 heteroatoms. The van der Waals surface area contributed by atoms with Crippen molar-refractivity contribution in [1.29, 1.82) is 5.26 Å². The Hall–Kier alpha value is -2.03. The number of carbonyl (C=O) groups is 1. The quantitative estimate of drug-likeness (QED) is 0.777. The monoisotopic (exact) mass is 214 g/mol. The molecule has 1 N–H and O–H groups in total. The maximum Gasteiger partial charge on any atom is 0.471 e. The number of carbonyl (C=O) groups excluding carboxylic acids is 1. The highest BCUT2D eigenvalue weighted by molar-refractivity contribution is 5.94. The maximum atomic E-state index is 11.8. The van der Waals surface area contributed by atoms with E-state index in [2.05, 4.69) is 0 Å². The van der Waals surface area contributed by atoms with Crippen molar-refractivity contribution in [3.8, 4) is 6.07 Å². The van der Waals surface area contributed by atoms with Gasteiger partial charge in [-0.25, -0.2) is 0 Å². The molecule has 15 heavy (non-hydrogen) atoms. The molecule has 0 fully saturated rings. The molecular formula is C9H5F3N2O. The number of halogens is 3. The molecule has 1 rings (SSSR count). The Morgan fingerprint density at radius 3 is 2.60 bits per heavy atom. The second-order valence-corrected chi connectivity index (χ2v) is 2.64. The predicted molar refractivity (Wildman–Crippen MR) is 45.8 cm³/mol. The van der Waals surface area contributed by atoms with Crippen LogP contribution in [0.4, 0.5) is 18.9 Å². The third-order valence-electron chi connectivity index (χ3n) is 1.51. The molecule has 0 aliphatic heterocycles. The first-order valence-electron chi connectivity index (χ1n) is 3.82. The number of nitrogens with zero attached hydrogens (tertiary/aromatic N) is 1. The third-order valence-corrected chi connectivity index (χ3v) is 1.51. The molecule has 1 aromatic rings. The molecule has 0 aliphatic carbocycles. The Labute approximate surface area is 83.1 Å². The van der Waals surface area contributed by atoms with Gasteiger partial charge >= 0.3 is 12.1 Å². The average molecular weight is 214 g/mol. The third kappa shape index (κ3) is 2.98. The van der Waals surface area contributed by atoms with Gasteiger partial charge in [0.25, 0.3) is 0 Å². The number of nitriles is 1. The van der Waals surface area contributed by atoms with Gasteiger partial charge in [-0.15, -0.1) is 0 Å². The number of rotatable bonds is 1. The fourth-order valence-corrected chi connectivity index (χ4v) is 0.868. The van der Waals surface area contributed by atoms with Crippen molar-refractivity contribution in [2.24, 2.45) is 0 Å². The van der Waals surface area contributed by atoms with Gasteiger partial charge in [-0.1, -0.05) is 6.07 Å². The topological polar surface area (TPSA) is 52.9 Å².